The predicted molar refractivity (Wildman–Crippen MR) is 76.5 cm³/mol. The van der Waals surface area contributed by atoms with Gasteiger partial charge in [-0.05, 0) is 57.1 Å². The van der Waals surface area contributed by atoms with E-state index in [9.17, 15) is 0 Å². The molecule has 1 aromatic heterocycles. The number of anilines is 1. The smallest absolute Gasteiger partial charge is 0.0484 e. The topological polar surface area (TPSA) is 34.2 Å². The van der Waals surface area contributed by atoms with Gasteiger partial charge in [0.2, 0.25) is 0 Å². The summed E-state index contributed by atoms with van der Waals surface area (Å²) in [6, 6.07) is 8.51. The molecule has 0 radical (unpaired) electrons. The molecule has 1 aromatic carbocycles. The molecule has 2 aromatic rings. The van der Waals surface area contributed by atoms with Gasteiger partial charge in [-0.2, -0.15) is 0 Å². The number of nitrogens with zero attached hydrogens (tertiary/aromatic N) is 2. The van der Waals surface area contributed by atoms with Gasteiger partial charge in [-0.3, -0.25) is 4.90 Å². The van der Waals surface area contributed by atoms with Crippen molar-refractivity contribution < 1.29 is 0 Å². The average molecular weight is 243 g/mol. The molecule has 1 aliphatic heterocycles. The van der Waals surface area contributed by atoms with Gasteiger partial charge < -0.3 is 10.3 Å². The molecule has 18 heavy (non-hydrogen) atoms. The monoisotopic (exact) mass is 243 g/mol. The second-order valence-corrected chi connectivity index (χ2v) is 5.18. The fourth-order valence-corrected chi connectivity index (χ4v) is 3.02. The molecular weight excluding hydrogens is 222 g/mol. The number of rotatable bonds is 3. The summed E-state index contributed by atoms with van der Waals surface area (Å²) in [5, 5.41) is 1.27. The summed E-state index contributed by atoms with van der Waals surface area (Å²) in [7, 11) is 0. The van der Waals surface area contributed by atoms with Crippen molar-refractivity contribution in [3.63, 3.8) is 0 Å². The van der Waals surface area contributed by atoms with Crippen LogP contribution in [0.3, 0.4) is 0 Å². The quantitative estimate of drug-likeness (QED) is 0.841. The van der Waals surface area contributed by atoms with E-state index in [1.165, 1.54) is 42.5 Å². The third-order valence-electron chi connectivity index (χ3n) is 3.91. The van der Waals surface area contributed by atoms with Crippen LogP contribution in [-0.2, 0) is 13.1 Å². The zero-order valence-corrected chi connectivity index (χ0v) is 11.0. The second kappa shape index (κ2) is 4.65. The SMILES string of the molecule is CCn1c(CN2CCCC2)cc2cc(N)ccc21. The Morgan fingerprint density at radius 3 is 2.67 bits per heavy atom. The molecule has 3 rings (SSSR count). The van der Waals surface area contributed by atoms with Crippen molar-refractivity contribution in [1.29, 1.82) is 0 Å². The van der Waals surface area contributed by atoms with Crippen molar-refractivity contribution in [3.05, 3.63) is 30.0 Å². The molecule has 0 unspecified atom stereocenters. The Bertz CT molecular complexity index is 550. The number of aryl methyl sites for hydroxylation is 1. The number of aromatic nitrogens is 1. The minimum atomic E-state index is 0.850. The molecule has 1 aliphatic rings. The first-order valence-electron chi connectivity index (χ1n) is 6.88. The largest absolute Gasteiger partial charge is 0.399 e. The van der Waals surface area contributed by atoms with Crippen LogP contribution in [0.2, 0.25) is 0 Å². The normalized spacial score (nSPS) is 16.7. The lowest BCUT2D eigenvalue weighted by molar-refractivity contribution is 0.322. The van der Waals surface area contributed by atoms with Crippen LogP contribution in [0.4, 0.5) is 5.69 Å². The van der Waals surface area contributed by atoms with Crippen molar-refractivity contribution in [3.8, 4) is 0 Å². The van der Waals surface area contributed by atoms with E-state index < -0.39 is 0 Å². The number of benzene rings is 1. The molecule has 0 spiro atoms. The highest BCUT2D eigenvalue weighted by atomic mass is 15.2. The fraction of sp³-hybridized carbons (Fsp3) is 0.467. The zero-order valence-electron chi connectivity index (χ0n) is 11.0. The van der Waals surface area contributed by atoms with E-state index in [4.69, 9.17) is 5.73 Å². The first-order valence-corrected chi connectivity index (χ1v) is 6.88. The molecule has 2 heterocycles. The summed E-state index contributed by atoms with van der Waals surface area (Å²) in [6.07, 6.45) is 2.69. The van der Waals surface area contributed by atoms with Gasteiger partial charge in [0, 0.05) is 35.4 Å². The molecule has 1 saturated heterocycles. The second-order valence-electron chi connectivity index (χ2n) is 5.18. The third kappa shape index (κ3) is 1.99. The Balaban J connectivity index is 1.99. The Labute approximate surface area is 108 Å². The van der Waals surface area contributed by atoms with Crippen LogP contribution in [0, 0.1) is 0 Å². The highest BCUT2D eigenvalue weighted by Gasteiger charge is 2.15. The average Bonchev–Trinajstić information content (AvgIpc) is 2.96. The van der Waals surface area contributed by atoms with Crippen molar-refractivity contribution in [2.75, 3.05) is 18.8 Å². The van der Waals surface area contributed by atoms with Gasteiger partial charge in [-0.15, -0.1) is 0 Å². The highest BCUT2D eigenvalue weighted by molar-refractivity contribution is 5.84. The number of hydrogen-bond acceptors (Lipinski definition) is 2. The lowest BCUT2D eigenvalue weighted by Gasteiger charge is -2.16. The van der Waals surface area contributed by atoms with E-state index in [1.54, 1.807) is 0 Å². The van der Waals surface area contributed by atoms with E-state index in [0.29, 0.717) is 0 Å². The van der Waals surface area contributed by atoms with Gasteiger partial charge in [-0.25, -0.2) is 0 Å². The molecule has 3 heteroatoms. The lowest BCUT2D eigenvalue weighted by atomic mass is 10.2. The van der Waals surface area contributed by atoms with Crippen LogP contribution in [0.15, 0.2) is 24.3 Å². The Morgan fingerprint density at radius 1 is 1.17 bits per heavy atom. The molecule has 2 N–H and O–H groups in total. The number of fused-ring (bicyclic) bond motifs is 1. The summed E-state index contributed by atoms with van der Waals surface area (Å²) >= 11 is 0. The molecular formula is C15H21N3. The van der Waals surface area contributed by atoms with E-state index in [-0.39, 0.29) is 0 Å². The maximum absolute atomic E-state index is 5.87. The Hall–Kier alpha value is -1.48. The lowest BCUT2D eigenvalue weighted by Crippen LogP contribution is -2.20. The first-order chi connectivity index (χ1) is 8.78. The minimum absolute atomic E-state index is 0.850. The summed E-state index contributed by atoms with van der Waals surface area (Å²) < 4.78 is 2.41. The van der Waals surface area contributed by atoms with Gasteiger partial charge in [-0.1, -0.05) is 0 Å². The zero-order chi connectivity index (χ0) is 12.5. The Morgan fingerprint density at radius 2 is 1.94 bits per heavy atom. The summed E-state index contributed by atoms with van der Waals surface area (Å²) in [4.78, 5) is 2.55. The van der Waals surface area contributed by atoms with E-state index in [2.05, 4.69) is 34.6 Å². The number of nitrogen functional groups attached to an aromatic ring is 1. The molecule has 0 aliphatic carbocycles. The van der Waals surface area contributed by atoms with Crippen LogP contribution in [0.1, 0.15) is 25.5 Å². The number of likely N-dealkylation sites (tertiary alicyclic amines) is 1. The van der Waals surface area contributed by atoms with Gasteiger partial charge in [0.25, 0.3) is 0 Å². The summed E-state index contributed by atoms with van der Waals surface area (Å²) in [5.74, 6) is 0. The van der Waals surface area contributed by atoms with Crippen LogP contribution in [0.5, 0.6) is 0 Å². The molecule has 0 bridgehead atoms. The van der Waals surface area contributed by atoms with Crippen molar-refractivity contribution >= 4 is 16.6 Å². The molecule has 0 atom stereocenters. The predicted octanol–water partition coefficient (Wildman–Crippen LogP) is 2.84. The van der Waals surface area contributed by atoms with E-state index >= 15 is 0 Å². The van der Waals surface area contributed by atoms with Crippen LogP contribution >= 0.6 is 0 Å². The fourth-order valence-electron chi connectivity index (χ4n) is 3.02. The molecule has 96 valence electrons. The van der Waals surface area contributed by atoms with Crippen molar-refractivity contribution in [2.24, 2.45) is 0 Å². The van der Waals surface area contributed by atoms with E-state index in [0.717, 1.165) is 18.8 Å². The molecule has 1 fully saturated rings. The maximum Gasteiger partial charge on any atom is 0.0484 e. The molecule has 0 saturated carbocycles. The standard InChI is InChI=1S/C15H21N3/c1-2-18-14(11-17-7-3-4-8-17)10-12-9-13(16)5-6-15(12)18/h5-6,9-10H,2-4,7-8,11,16H2,1H3. The third-order valence-corrected chi connectivity index (χ3v) is 3.91. The van der Waals surface area contributed by atoms with Crippen molar-refractivity contribution in [2.45, 2.75) is 32.9 Å². The van der Waals surface area contributed by atoms with Crippen LogP contribution in [-0.4, -0.2) is 22.6 Å². The van der Waals surface area contributed by atoms with Gasteiger partial charge in [0.15, 0.2) is 0 Å². The van der Waals surface area contributed by atoms with Gasteiger partial charge in [0.1, 0.15) is 0 Å². The van der Waals surface area contributed by atoms with Gasteiger partial charge >= 0.3 is 0 Å². The molecule has 0 amide bonds. The Kier molecular flexibility index (Phi) is 3.00. The minimum Gasteiger partial charge on any atom is -0.399 e. The van der Waals surface area contributed by atoms with Gasteiger partial charge in [0.05, 0.1) is 0 Å². The number of nitrogens with two attached hydrogens (primary N) is 1. The van der Waals surface area contributed by atoms with Crippen LogP contribution < -0.4 is 5.73 Å². The summed E-state index contributed by atoms with van der Waals surface area (Å²) in [6.45, 7) is 6.79. The van der Waals surface area contributed by atoms with Crippen LogP contribution in [0.25, 0.3) is 10.9 Å². The van der Waals surface area contributed by atoms with E-state index in [1.807, 2.05) is 6.07 Å². The van der Waals surface area contributed by atoms with Crippen molar-refractivity contribution in [1.82, 2.24) is 9.47 Å². The highest BCUT2D eigenvalue weighted by Crippen LogP contribution is 2.24. The maximum atomic E-state index is 5.87. The summed E-state index contributed by atoms with van der Waals surface area (Å²) in [5.41, 5.74) is 9.44. The molecule has 3 nitrogen and oxygen atoms in total. The number of hydrogen-bond donors (Lipinski definition) is 1. The first kappa shape index (κ1) is 11.6.